The molecule has 8 heteroatoms. The molecule has 2 aromatic rings. The smallest absolute Gasteiger partial charge is 0.344 e. The molecule has 0 aromatic heterocycles. The minimum absolute atomic E-state index is 0.207. The highest BCUT2D eigenvalue weighted by molar-refractivity contribution is 6.33. The van der Waals surface area contributed by atoms with Gasteiger partial charge in [-0.1, -0.05) is 41.9 Å². The largest absolute Gasteiger partial charge is 0.482 e. The van der Waals surface area contributed by atoms with Gasteiger partial charge in [-0.3, -0.25) is 20.4 Å². The summed E-state index contributed by atoms with van der Waals surface area (Å²) in [6, 6.07) is 13.6. The standard InChI is InChI=1S/C18H17ClN2O5/c1-12-6-2-5-9-15(12)25-11-17(23)26-10-16(22)20-21-18(24)13-7-3-4-8-14(13)19/h2-9H,10-11H2,1H3,(H,20,22)(H,21,24). The Balaban J connectivity index is 1.70. The Morgan fingerprint density at radius 2 is 1.65 bits per heavy atom. The Kier molecular flexibility index (Phi) is 6.99. The number of carbonyl (C=O) groups is 3. The summed E-state index contributed by atoms with van der Waals surface area (Å²) in [5.74, 6) is -1.44. The van der Waals surface area contributed by atoms with Crippen LogP contribution in [-0.2, 0) is 14.3 Å². The van der Waals surface area contributed by atoms with Crippen LogP contribution in [0.4, 0.5) is 0 Å². The molecule has 0 radical (unpaired) electrons. The number of aryl methyl sites for hydroxylation is 1. The minimum atomic E-state index is -0.708. The van der Waals surface area contributed by atoms with Crippen molar-refractivity contribution < 1.29 is 23.9 Å². The van der Waals surface area contributed by atoms with E-state index >= 15 is 0 Å². The van der Waals surface area contributed by atoms with Crippen LogP contribution in [-0.4, -0.2) is 31.0 Å². The Morgan fingerprint density at radius 1 is 0.962 bits per heavy atom. The predicted molar refractivity (Wildman–Crippen MR) is 94.7 cm³/mol. The zero-order chi connectivity index (χ0) is 18.9. The van der Waals surface area contributed by atoms with Crippen molar-refractivity contribution in [3.63, 3.8) is 0 Å². The van der Waals surface area contributed by atoms with Gasteiger partial charge in [-0.2, -0.15) is 0 Å². The summed E-state index contributed by atoms with van der Waals surface area (Å²) >= 11 is 5.88. The highest BCUT2D eigenvalue weighted by atomic mass is 35.5. The summed E-state index contributed by atoms with van der Waals surface area (Å²) in [5.41, 5.74) is 5.40. The molecule has 26 heavy (non-hydrogen) atoms. The zero-order valence-corrected chi connectivity index (χ0v) is 14.7. The molecule has 0 aliphatic carbocycles. The van der Waals surface area contributed by atoms with Gasteiger partial charge < -0.3 is 9.47 Å². The molecule has 7 nitrogen and oxygen atoms in total. The highest BCUT2D eigenvalue weighted by Crippen LogP contribution is 2.16. The Hall–Kier alpha value is -3.06. The normalized spacial score (nSPS) is 9.92. The van der Waals surface area contributed by atoms with Crippen molar-refractivity contribution in [3.05, 3.63) is 64.7 Å². The van der Waals surface area contributed by atoms with Crippen LogP contribution < -0.4 is 15.6 Å². The molecule has 2 rings (SSSR count). The van der Waals surface area contributed by atoms with Gasteiger partial charge in [0.1, 0.15) is 5.75 Å². The summed E-state index contributed by atoms with van der Waals surface area (Å²) in [7, 11) is 0. The first kappa shape index (κ1) is 19.3. The molecule has 2 aromatic carbocycles. The lowest BCUT2D eigenvalue weighted by Gasteiger charge is -2.10. The van der Waals surface area contributed by atoms with Crippen molar-refractivity contribution >= 4 is 29.4 Å². The van der Waals surface area contributed by atoms with E-state index in [-0.39, 0.29) is 17.2 Å². The summed E-state index contributed by atoms with van der Waals surface area (Å²) in [5, 5.41) is 0.249. The number of nitrogens with one attached hydrogen (secondary N) is 2. The molecule has 0 heterocycles. The van der Waals surface area contributed by atoms with Crippen molar-refractivity contribution in [3.8, 4) is 5.75 Å². The fraction of sp³-hybridized carbons (Fsp3) is 0.167. The van der Waals surface area contributed by atoms with Crippen molar-refractivity contribution in [1.29, 1.82) is 0 Å². The fourth-order valence-corrected chi connectivity index (χ4v) is 2.14. The van der Waals surface area contributed by atoms with E-state index in [0.29, 0.717) is 5.75 Å². The third-order valence-corrected chi connectivity index (χ3v) is 3.57. The highest BCUT2D eigenvalue weighted by Gasteiger charge is 2.12. The van der Waals surface area contributed by atoms with E-state index in [4.69, 9.17) is 21.1 Å². The molecular weight excluding hydrogens is 360 g/mol. The SMILES string of the molecule is Cc1ccccc1OCC(=O)OCC(=O)NNC(=O)c1ccccc1Cl. The van der Waals surface area contributed by atoms with Crippen molar-refractivity contribution in [2.24, 2.45) is 0 Å². The van der Waals surface area contributed by atoms with Crippen LogP contribution in [0, 0.1) is 6.92 Å². The fourth-order valence-electron chi connectivity index (χ4n) is 1.92. The van der Waals surface area contributed by atoms with Gasteiger partial charge in [0.15, 0.2) is 13.2 Å². The van der Waals surface area contributed by atoms with Gasteiger partial charge in [0, 0.05) is 0 Å². The Morgan fingerprint density at radius 3 is 2.38 bits per heavy atom. The van der Waals surface area contributed by atoms with Crippen LogP contribution in [0.15, 0.2) is 48.5 Å². The number of esters is 1. The van der Waals surface area contributed by atoms with Gasteiger partial charge in [0.2, 0.25) is 0 Å². The lowest BCUT2D eigenvalue weighted by Crippen LogP contribution is -2.43. The summed E-state index contributed by atoms with van der Waals surface area (Å²) < 4.78 is 10.1. The summed E-state index contributed by atoms with van der Waals surface area (Å²) in [4.78, 5) is 35.1. The maximum atomic E-state index is 11.9. The van der Waals surface area contributed by atoms with Crippen LogP contribution in [0.3, 0.4) is 0 Å². The van der Waals surface area contributed by atoms with E-state index in [1.807, 2.05) is 19.1 Å². The molecule has 0 bridgehead atoms. The predicted octanol–water partition coefficient (Wildman–Crippen LogP) is 2.03. The first-order chi connectivity index (χ1) is 12.5. The maximum absolute atomic E-state index is 11.9. The van der Waals surface area contributed by atoms with Crippen molar-refractivity contribution in [2.45, 2.75) is 6.92 Å². The van der Waals surface area contributed by atoms with Crippen LogP contribution in [0.1, 0.15) is 15.9 Å². The molecule has 0 aliphatic rings. The summed E-state index contributed by atoms with van der Waals surface area (Å²) in [6.07, 6.45) is 0. The average Bonchev–Trinajstić information content (AvgIpc) is 2.64. The number of rotatable bonds is 6. The number of para-hydroxylation sites is 1. The van der Waals surface area contributed by atoms with Gasteiger partial charge >= 0.3 is 5.97 Å². The summed E-state index contributed by atoms with van der Waals surface area (Å²) in [6.45, 7) is 0.957. The molecule has 2 N–H and O–H groups in total. The third kappa shape index (κ3) is 5.78. The topological polar surface area (TPSA) is 93.7 Å². The number of hydrogen-bond acceptors (Lipinski definition) is 5. The van der Waals surface area contributed by atoms with Gasteiger partial charge in [-0.05, 0) is 30.7 Å². The molecule has 0 spiro atoms. The third-order valence-electron chi connectivity index (χ3n) is 3.24. The maximum Gasteiger partial charge on any atom is 0.344 e. The van der Waals surface area contributed by atoms with E-state index in [9.17, 15) is 14.4 Å². The molecule has 0 atom stereocenters. The molecule has 0 saturated carbocycles. The van der Waals surface area contributed by atoms with Crippen LogP contribution in [0.2, 0.25) is 5.02 Å². The van der Waals surface area contributed by atoms with Crippen LogP contribution in [0.25, 0.3) is 0 Å². The molecule has 136 valence electrons. The van der Waals surface area contributed by atoms with Crippen molar-refractivity contribution in [2.75, 3.05) is 13.2 Å². The molecular formula is C18H17ClN2O5. The van der Waals surface area contributed by atoms with Crippen molar-refractivity contribution in [1.82, 2.24) is 10.9 Å². The monoisotopic (exact) mass is 376 g/mol. The molecule has 0 fully saturated rings. The number of halogens is 1. The number of benzene rings is 2. The van der Waals surface area contributed by atoms with E-state index in [1.54, 1.807) is 30.3 Å². The van der Waals surface area contributed by atoms with Gasteiger partial charge in [0.25, 0.3) is 11.8 Å². The van der Waals surface area contributed by atoms with E-state index in [1.165, 1.54) is 6.07 Å². The van der Waals surface area contributed by atoms with Gasteiger partial charge in [-0.15, -0.1) is 0 Å². The number of ether oxygens (including phenoxy) is 2. The Bertz CT molecular complexity index is 810. The number of amides is 2. The molecule has 0 saturated heterocycles. The number of hydrazine groups is 1. The minimum Gasteiger partial charge on any atom is -0.482 e. The van der Waals surface area contributed by atoms with Gasteiger partial charge in [-0.25, -0.2) is 4.79 Å². The van der Waals surface area contributed by atoms with E-state index in [0.717, 1.165) is 5.56 Å². The molecule has 0 aliphatic heterocycles. The average molecular weight is 377 g/mol. The second-order valence-electron chi connectivity index (χ2n) is 5.20. The molecule has 2 amide bonds. The Labute approximate surface area is 155 Å². The zero-order valence-electron chi connectivity index (χ0n) is 14.0. The van der Waals surface area contributed by atoms with E-state index in [2.05, 4.69) is 10.9 Å². The van der Waals surface area contributed by atoms with Gasteiger partial charge in [0.05, 0.1) is 10.6 Å². The second-order valence-corrected chi connectivity index (χ2v) is 5.60. The number of carbonyl (C=O) groups excluding carboxylic acids is 3. The first-order valence-electron chi connectivity index (χ1n) is 7.65. The quantitative estimate of drug-likeness (QED) is 0.594. The second kappa shape index (κ2) is 9.43. The first-order valence-corrected chi connectivity index (χ1v) is 8.03. The lowest BCUT2D eigenvalue weighted by molar-refractivity contribution is -0.150. The molecule has 0 unspecified atom stereocenters. The number of hydrogen-bond donors (Lipinski definition) is 2. The van der Waals surface area contributed by atoms with Crippen LogP contribution >= 0.6 is 11.6 Å². The lowest BCUT2D eigenvalue weighted by atomic mass is 10.2. The van der Waals surface area contributed by atoms with Crippen LogP contribution in [0.5, 0.6) is 5.75 Å². The van der Waals surface area contributed by atoms with E-state index < -0.39 is 24.4 Å².